The SMILES string of the molecule is Nc1ccc2c(NCC3OCCc4ccccc43)ncc(F)c2c1. The number of nitrogens with zero attached hydrogens (tertiary/aromatic N) is 1. The van der Waals surface area contributed by atoms with Crippen molar-refractivity contribution in [3.8, 4) is 0 Å². The topological polar surface area (TPSA) is 60.2 Å². The minimum atomic E-state index is -0.373. The van der Waals surface area contributed by atoms with Crippen molar-refractivity contribution in [2.45, 2.75) is 12.5 Å². The molecule has 2 heterocycles. The molecule has 4 nitrogen and oxygen atoms in total. The van der Waals surface area contributed by atoms with Crippen molar-refractivity contribution in [2.75, 3.05) is 24.2 Å². The number of benzene rings is 2. The van der Waals surface area contributed by atoms with Crippen LogP contribution in [0.3, 0.4) is 0 Å². The second-order valence-corrected chi connectivity index (χ2v) is 5.95. The maximum atomic E-state index is 14.0. The van der Waals surface area contributed by atoms with Crippen LogP contribution in [0, 0.1) is 5.82 Å². The number of nitrogens with one attached hydrogen (secondary N) is 1. The fourth-order valence-corrected chi connectivity index (χ4v) is 3.20. The first-order chi connectivity index (χ1) is 11.7. The van der Waals surface area contributed by atoms with E-state index in [0.29, 0.717) is 35.4 Å². The van der Waals surface area contributed by atoms with Gasteiger partial charge in [0.2, 0.25) is 0 Å². The normalized spacial score (nSPS) is 16.8. The van der Waals surface area contributed by atoms with Crippen LogP contribution in [0.2, 0.25) is 0 Å². The van der Waals surface area contributed by atoms with Crippen molar-refractivity contribution in [3.63, 3.8) is 0 Å². The van der Waals surface area contributed by atoms with Gasteiger partial charge in [-0.1, -0.05) is 24.3 Å². The molecule has 1 aromatic heterocycles. The van der Waals surface area contributed by atoms with E-state index in [-0.39, 0.29) is 11.9 Å². The molecule has 1 unspecified atom stereocenters. The number of nitrogens with two attached hydrogens (primary N) is 1. The van der Waals surface area contributed by atoms with Crippen molar-refractivity contribution in [1.29, 1.82) is 0 Å². The maximum absolute atomic E-state index is 14.0. The van der Waals surface area contributed by atoms with Gasteiger partial charge in [0.05, 0.1) is 18.9 Å². The van der Waals surface area contributed by atoms with Crippen molar-refractivity contribution >= 4 is 22.3 Å². The van der Waals surface area contributed by atoms with Gasteiger partial charge in [-0.25, -0.2) is 9.37 Å². The Morgan fingerprint density at radius 3 is 3.00 bits per heavy atom. The zero-order valence-electron chi connectivity index (χ0n) is 13.1. The minimum Gasteiger partial charge on any atom is -0.399 e. The van der Waals surface area contributed by atoms with E-state index in [1.54, 1.807) is 18.2 Å². The fourth-order valence-electron chi connectivity index (χ4n) is 3.20. The molecule has 3 N–H and O–H groups in total. The van der Waals surface area contributed by atoms with Crippen molar-refractivity contribution in [1.82, 2.24) is 4.98 Å². The van der Waals surface area contributed by atoms with Crippen LogP contribution in [0.5, 0.6) is 0 Å². The largest absolute Gasteiger partial charge is 0.399 e. The average Bonchev–Trinajstić information content (AvgIpc) is 2.61. The number of hydrogen-bond donors (Lipinski definition) is 2. The number of halogens is 1. The van der Waals surface area contributed by atoms with E-state index in [0.717, 1.165) is 6.42 Å². The van der Waals surface area contributed by atoms with E-state index in [1.807, 2.05) is 12.1 Å². The second kappa shape index (κ2) is 6.09. The summed E-state index contributed by atoms with van der Waals surface area (Å²) < 4.78 is 19.9. The molecule has 0 saturated carbocycles. The lowest BCUT2D eigenvalue weighted by atomic mass is 9.97. The molecule has 0 saturated heterocycles. The van der Waals surface area contributed by atoms with Crippen molar-refractivity contribution < 1.29 is 9.13 Å². The van der Waals surface area contributed by atoms with Gasteiger partial charge >= 0.3 is 0 Å². The van der Waals surface area contributed by atoms with Crippen LogP contribution in [-0.2, 0) is 11.2 Å². The van der Waals surface area contributed by atoms with Gasteiger partial charge in [-0.15, -0.1) is 0 Å². The Kier molecular flexibility index (Phi) is 3.78. The zero-order valence-corrected chi connectivity index (χ0v) is 13.1. The summed E-state index contributed by atoms with van der Waals surface area (Å²) in [6.07, 6.45) is 2.12. The molecule has 3 aromatic rings. The smallest absolute Gasteiger partial charge is 0.149 e. The molecule has 122 valence electrons. The van der Waals surface area contributed by atoms with Gasteiger partial charge in [-0.3, -0.25) is 0 Å². The van der Waals surface area contributed by atoms with Gasteiger partial charge in [0.15, 0.2) is 0 Å². The van der Waals surface area contributed by atoms with Crippen LogP contribution in [0.1, 0.15) is 17.2 Å². The average molecular weight is 323 g/mol. The molecule has 0 amide bonds. The molecule has 0 radical (unpaired) electrons. The third-order valence-corrected chi connectivity index (χ3v) is 4.41. The highest BCUT2D eigenvalue weighted by molar-refractivity contribution is 5.94. The third kappa shape index (κ3) is 2.67. The van der Waals surface area contributed by atoms with Gasteiger partial charge in [0.1, 0.15) is 11.6 Å². The standard InChI is InChI=1S/C19H18FN3O/c20-17-10-22-19(15-6-5-13(21)9-16(15)17)23-11-18-14-4-2-1-3-12(14)7-8-24-18/h1-6,9-10,18H,7-8,11,21H2,(H,22,23). The summed E-state index contributed by atoms with van der Waals surface area (Å²) in [6.45, 7) is 1.28. The number of anilines is 2. The third-order valence-electron chi connectivity index (χ3n) is 4.41. The molecule has 1 aliphatic rings. The number of ether oxygens (including phenoxy) is 1. The van der Waals surface area contributed by atoms with Crippen LogP contribution in [0.25, 0.3) is 10.8 Å². The summed E-state index contributed by atoms with van der Waals surface area (Å²) >= 11 is 0. The molecule has 2 aromatic carbocycles. The first-order valence-corrected chi connectivity index (χ1v) is 7.99. The molecule has 1 atom stereocenters. The summed E-state index contributed by atoms with van der Waals surface area (Å²) in [5, 5.41) is 4.49. The molecule has 0 spiro atoms. The lowest BCUT2D eigenvalue weighted by Gasteiger charge is -2.26. The van der Waals surface area contributed by atoms with Crippen LogP contribution in [-0.4, -0.2) is 18.1 Å². The van der Waals surface area contributed by atoms with Gasteiger partial charge in [-0.2, -0.15) is 0 Å². The highest BCUT2D eigenvalue weighted by Crippen LogP contribution is 2.29. The highest BCUT2D eigenvalue weighted by atomic mass is 19.1. The van der Waals surface area contributed by atoms with E-state index >= 15 is 0 Å². The van der Waals surface area contributed by atoms with Crippen molar-refractivity contribution in [2.24, 2.45) is 0 Å². The molecular formula is C19H18FN3O. The van der Waals surface area contributed by atoms with Gasteiger partial charge < -0.3 is 15.8 Å². The summed E-state index contributed by atoms with van der Waals surface area (Å²) in [4.78, 5) is 4.19. The maximum Gasteiger partial charge on any atom is 0.149 e. The van der Waals surface area contributed by atoms with Crippen LogP contribution in [0.4, 0.5) is 15.9 Å². The number of hydrogen-bond acceptors (Lipinski definition) is 4. The predicted molar refractivity (Wildman–Crippen MR) is 93.4 cm³/mol. The zero-order chi connectivity index (χ0) is 16.5. The van der Waals surface area contributed by atoms with Crippen LogP contribution < -0.4 is 11.1 Å². The molecule has 0 aliphatic carbocycles. The Hall–Kier alpha value is -2.66. The Labute approximate surface area is 139 Å². The summed E-state index contributed by atoms with van der Waals surface area (Å²) in [5.74, 6) is 0.264. The molecular weight excluding hydrogens is 305 g/mol. The Morgan fingerprint density at radius 1 is 1.21 bits per heavy atom. The van der Waals surface area contributed by atoms with Gasteiger partial charge in [0.25, 0.3) is 0 Å². The Morgan fingerprint density at radius 2 is 2.08 bits per heavy atom. The van der Waals surface area contributed by atoms with Crippen LogP contribution in [0.15, 0.2) is 48.7 Å². The minimum absolute atomic E-state index is 0.0364. The Balaban J connectivity index is 1.61. The molecule has 0 bridgehead atoms. The number of pyridine rings is 1. The van der Waals surface area contributed by atoms with E-state index in [9.17, 15) is 4.39 Å². The number of rotatable bonds is 3. The van der Waals surface area contributed by atoms with E-state index in [2.05, 4.69) is 22.4 Å². The van der Waals surface area contributed by atoms with Gasteiger partial charge in [0, 0.05) is 23.0 Å². The molecule has 0 fully saturated rings. The van der Waals surface area contributed by atoms with E-state index in [4.69, 9.17) is 10.5 Å². The van der Waals surface area contributed by atoms with Crippen molar-refractivity contribution in [3.05, 3.63) is 65.6 Å². The number of nitrogen functional groups attached to an aromatic ring is 1. The highest BCUT2D eigenvalue weighted by Gasteiger charge is 2.20. The quantitative estimate of drug-likeness (QED) is 0.722. The predicted octanol–water partition coefficient (Wildman–Crippen LogP) is 3.68. The monoisotopic (exact) mass is 323 g/mol. The summed E-state index contributed by atoms with van der Waals surface area (Å²) in [6, 6.07) is 13.5. The van der Waals surface area contributed by atoms with E-state index in [1.165, 1.54) is 17.3 Å². The summed E-state index contributed by atoms with van der Waals surface area (Å²) in [7, 11) is 0. The molecule has 5 heteroatoms. The molecule has 24 heavy (non-hydrogen) atoms. The Bertz CT molecular complexity index is 897. The summed E-state index contributed by atoms with van der Waals surface area (Å²) in [5.41, 5.74) is 8.81. The second-order valence-electron chi connectivity index (χ2n) is 5.95. The lowest BCUT2D eigenvalue weighted by Crippen LogP contribution is -2.23. The molecule has 4 rings (SSSR count). The number of fused-ring (bicyclic) bond motifs is 2. The van der Waals surface area contributed by atoms with Gasteiger partial charge in [-0.05, 0) is 35.7 Å². The number of aromatic nitrogens is 1. The van der Waals surface area contributed by atoms with E-state index < -0.39 is 0 Å². The fraction of sp³-hybridized carbons (Fsp3) is 0.211. The first kappa shape index (κ1) is 14.9. The first-order valence-electron chi connectivity index (χ1n) is 7.99. The van der Waals surface area contributed by atoms with Crippen LogP contribution >= 0.6 is 0 Å². The lowest BCUT2D eigenvalue weighted by molar-refractivity contribution is 0.0513. The molecule has 1 aliphatic heterocycles.